The molecule has 1 aromatic rings. The predicted octanol–water partition coefficient (Wildman–Crippen LogP) is 1.81. The van der Waals surface area contributed by atoms with Crippen molar-refractivity contribution in [1.29, 1.82) is 0 Å². The van der Waals surface area contributed by atoms with E-state index < -0.39 is 0 Å². The third-order valence-electron chi connectivity index (χ3n) is 1.91. The maximum Gasteiger partial charge on any atom is 0.313 e. The Morgan fingerprint density at radius 3 is 2.60 bits per heavy atom. The van der Waals surface area contributed by atoms with Gasteiger partial charge in [-0.1, -0.05) is 42.1 Å². The summed E-state index contributed by atoms with van der Waals surface area (Å²) < 4.78 is 0. The van der Waals surface area contributed by atoms with Crippen molar-refractivity contribution in [2.24, 2.45) is 0 Å². The van der Waals surface area contributed by atoms with Gasteiger partial charge in [0.2, 0.25) is 0 Å². The molecule has 1 aliphatic rings. The lowest BCUT2D eigenvalue weighted by Crippen LogP contribution is -2.28. The lowest BCUT2D eigenvalue weighted by molar-refractivity contribution is -0.164. The van der Waals surface area contributed by atoms with Gasteiger partial charge < -0.3 is 0 Å². The van der Waals surface area contributed by atoms with Gasteiger partial charge in [0.1, 0.15) is 6.61 Å². The highest BCUT2D eigenvalue weighted by molar-refractivity contribution is 8.14. The van der Waals surface area contributed by atoms with E-state index in [0.29, 0.717) is 0 Å². The zero-order valence-corrected chi connectivity index (χ0v) is 8.70. The summed E-state index contributed by atoms with van der Waals surface area (Å²) in [4.78, 5) is 27.4. The van der Waals surface area contributed by atoms with E-state index >= 15 is 0 Å². The van der Waals surface area contributed by atoms with E-state index in [-0.39, 0.29) is 23.5 Å². The van der Waals surface area contributed by atoms with Crippen molar-refractivity contribution >= 4 is 22.9 Å². The summed E-state index contributed by atoms with van der Waals surface area (Å²) in [5.74, 6) is -0.117. The topological polar surface area (TPSA) is 46.6 Å². The number of carbonyl (C=O) groups excluding carboxylic acids is 2. The van der Waals surface area contributed by atoms with Crippen LogP contribution in [0.15, 0.2) is 30.3 Å². The molecule has 1 aliphatic heterocycles. The van der Waals surface area contributed by atoms with E-state index in [1.54, 1.807) is 0 Å². The van der Waals surface area contributed by atoms with Crippen molar-refractivity contribution in [2.75, 3.05) is 5.75 Å². The first-order valence-electron chi connectivity index (χ1n) is 4.44. The Labute approximate surface area is 91.2 Å². The number of carbonyl (C=O) groups is 2. The average Bonchev–Trinajstić information content (AvgIpc) is 2.58. The molecule has 1 saturated heterocycles. The van der Waals surface area contributed by atoms with Gasteiger partial charge >= 0.3 is 5.24 Å². The van der Waals surface area contributed by atoms with Gasteiger partial charge in [-0.25, -0.2) is 0 Å². The molecular weight excluding hydrogens is 214 g/mol. The van der Waals surface area contributed by atoms with Crippen LogP contribution in [0.25, 0.3) is 0 Å². The van der Waals surface area contributed by atoms with E-state index in [0.717, 1.165) is 22.4 Å². The summed E-state index contributed by atoms with van der Waals surface area (Å²) in [5.41, 5.74) is 0.926. The van der Waals surface area contributed by atoms with Gasteiger partial charge in [0.05, 0.1) is 5.75 Å². The Morgan fingerprint density at radius 2 is 2.00 bits per heavy atom. The zero-order chi connectivity index (χ0) is 10.7. The summed E-state index contributed by atoms with van der Waals surface area (Å²) >= 11 is 0.961. The molecule has 2 rings (SSSR count). The van der Waals surface area contributed by atoms with Gasteiger partial charge in [-0.05, 0) is 5.56 Å². The van der Waals surface area contributed by atoms with Crippen LogP contribution in [0.2, 0.25) is 0 Å². The van der Waals surface area contributed by atoms with Crippen molar-refractivity contribution in [1.82, 2.24) is 5.06 Å². The molecule has 78 valence electrons. The summed E-state index contributed by atoms with van der Waals surface area (Å²) in [6.07, 6.45) is 0. The van der Waals surface area contributed by atoms with Crippen LogP contribution in [0.1, 0.15) is 5.56 Å². The molecule has 1 heterocycles. The van der Waals surface area contributed by atoms with Crippen molar-refractivity contribution < 1.29 is 14.4 Å². The minimum absolute atomic E-state index is 0.174. The first-order valence-corrected chi connectivity index (χ1v) is 5.42. The van der Waals surface area contributed by atoms with Crippen LogP contribution in [0, 0.1) is 0 Å². The van der Waals surface area contributed by atoms with E-state index in [9.17, 15) is 9.59 Å². The summed E-state index contributed by atoms with van der Waals surface area (Å²) in [6, 6.07) is 9.39. The SMILES string of the molecule is O=C1CSC(=O)N1OCc1ccccc1. The Hall–Kier alpha value is -1.33. The van der Waals surface area contributed by atoms with Crippen LogP contribution >= 0.6 is 11.8 Å². The minimum atomic E-state index is -0.337. The highest BCUT2D eigenvalue weighted by atomic mass is 32.2. The normalized spacial score (nSPS) is 16.1. The number of benzene rings is 1. The molecular formula is C10H9NO3S. The third kappa shape index (κ3) is 2.37. The number of rotatable bonds is 3. The van der Waals surface area contributed by atoms with Gasteiger partial charge in [-0.3, -0.25) is 14.4 Å². The monoisotopic (exact) mass is 223 g/mol. The van der Waals surface area contributed by atoms with Crippen LogP contribution in [0.3, 0.4) is 0 Å². The molecule has 2 amide bonds. The van der Waals surface area contributed by atoms with Crippen molar-refractivity contribution in [3.05, 3.63) is 35.9 Å². The Kier molecular flexibility index (Phi) is 3.03. The van der Waals surface area contributed by atoms with Gasteiger partial charge in [0.25, 0.3) is 5.91 Å². The van der Waals surface area contributed by atoms with Crippen LogP contribution in [-0.2, 0) is 16.2 Å². The fraction of sp³-hybridized carbons (Fsp3) is 0.200. The second-order valence-corrected chi connectivity index (χ2v) is 3.93. The van der Waals surface area contributed by atoms with Gasteiger partial charge in [-0.15, -0.1) is 5.06 Å². The van der Waals surface area contributed by atoms with E-state index in [4.69, 9.17) is 4.84 Å². The first-order chi connectivity index (χ1) is 7.27. The Morgan fingerprint density at radius 1 is 1.27 bits per heavy atom. The molecule has 1 fully saturated rings. The first kappa shape index (κ1) is 10.2. The van der Waals surface area contributed by atoms with Crippen LogP contribution in [0.5, 0.6) is 0 Å². The van der Waals surface area contributed by atoms with E-state index in [2.05, 4.69) is 0 Å². The molecule has 4 nitrogen and oxygen atoms in total. The van der Waals surface area contributed by atoms with Crippen LogP contribution in [-0.4, -0.2) is 22.0 Å². The number of nitrogens with zero attached hydrogens (tertiary/aromatic N) is 1. The maximum absolute atomic E-state index is 11.2. The zero-order valence-electron chi connectivity index (χ0n) is 7.88. The third-order valence-corrected chi connectivity index (χ3v) is 2.72. The average molecular weight is 223 g/mol. The summed E-state index contributed by atoms with van der Waals surface area (Å²) in [6.45, 7) is 0.235. The largest absolute Gasteiger partial charge is 0.313 e. The molecule has 0 atom stereocenters. The standard InChI is InChI=1S/C10H9NO3S/c12-9-7-15-10(13)11(9)14-6-8-4-2-1-3-5-8/h1-5H,6-7H2. The number of hydrogen-bond acceptors (Lipinski definition) is 4. The molecule has 0 spiro atoms. The summed E-state index contributed by atoms with van der Waals surface area (Å²) in [7, 11) is 0. The molecule has 0 radical (unpaired) electrons. The molecule has 5 heteroatoms. The number of hydrogen-bond donors (Lipinski definition) is 0. The van der Waals surface area contributed by atoms with E-state index in [1.807, 2.05) is 30.3 Å². The van der Waals surface area contributed by atoms with E-state index in [1.165, 1.54) is 0 Å². The van der Waals surface area contributed by atoms with Gasteiger partial charge in [0.15, 0.2) is 0 Å². The molecule has 0 aliphatic carbocycles. The predicted molar refractivity (Wildman–Crippen MR) is 55.9 cm³/mol. The second-order valence-electron chi connectivity index (χ2n) is 3.00. The minimum Gasteiger partial charge on any atom is -0.271 e. The van der Waals surface area contributed by atoms with Gasteiger partial charge in [0, 0.05) is 0 Å². The molecule has 15 heavy (non-hydrogen) atoms. The molecule has 0 N–H and O–H groups in total. The Balaban J connectivity index is 1.93. The lowest BCUT2D eigenvalue weighted by atomic mass is 10.2. The fourth-order valence-corrected chi connectivity index (χ4v) is 1.82. The lowest BCUT2D eigenvalue weighted by Gasteiger charge is -2.11. The number of imide groups is 1. The van der Waals surface area contributed by atoms with Crippen molar-refractivity contribution in [2.45, 2.75) is 6.61 Å². The van der Waals surface area contributed by atoms with Crippen LogP contribution in [0.4, 0.5) is 4.79 Å². The smallest absolute Gasteiger partial charge is 0.271 e. The number of thioether (sulfide) groups is 1. The highest BCUT2D eigenvalue weighted by Gasteiger charge is 2.31. The molecule has 0 unspecified atom stereocenters. The van der Waals surface area contributed by atoms with Gasteiger partial charge in [-0.2, -0.15) is 0 Å². The molecule has 0 bridgehead atoms. The number of amides is 2. The number of hydroxylamine groups is 2. The Bertz CT molecular complexity index is 364. The second kappa shape index (κ2) is 4.46. The quantitative estimate of drug-likeness (QED) is 0.784. The molecule has 0 saturated carbocycles. The molecule has 0 aromatic heterocycles. The highest BCUT2D eigenvalue weighted by Crippen LogP contribution is 2.19. The molecule has 1 aromatic carbocycles. The van der Waals surface area contributed by atoms with Crippen molar-refractivity contribution in [3.63, 3.8) is 0 Å². The van der Waals surface area contributed by atoms with Crippen molar-refractivity contribution in [3.8, 4) is 0 Å². The van der Waals surface area contributed by atoms with Crippen LogP contribution < -0.4 is 0 Å². The fourth-order valence-electron chi connectivity index (χ4n) is 1.18. The maximum atomic E-state index is 11.2. The summed E-state index contributed by atoms with van der Waals surface area (Å²) in [5, 5.41) is 0.494.